The van der Waals surface area contributed by atoms with Crippen molar-refractivity contribution in [3.05, 3.63) is 28.7 Å². The highest BCUT2D eigenvalue weighted by Crippen LogP contribution is 2.22. The summed E-state index contributed by atoms with van der Waals surface area (Å²) >= 11 is 0. The zero-order valence-electron chi connectivity index (χ0n) is 15.5. The molecule has 0 saturated heterocycles. The quantitative estimate of drug-likeness (QED) is 0.742. The van der Waals surface area contributed by atoms with Gasteiger partial charge in [-0.2, -0.15) is 0 Å². The van der Waals surface area contributed by atoms with Crippen LogP contribution in [0.3, 0.4) is 0 Å². The molecular formula is C18H25N3O5S. The van der Waals surface area contributed by atoms with Gasteiger partial charge < -0.3 is 9.73 Å². The second-order valence-corrected chi connectivity index (χ2v) is 8.78. The summed E-state index contributed by atoms with van der Waals surface area (Å²) in [6, 6.07) is 4.21. The first kappa shape index (κ1) is 19.6. The summed E-state index contributed by atoms with van der Waals surface area (Å²) in [6.45, 7) is 3.65. The van der Waals surface area contributed by atoms with Gasteiger partial charge in [0.15, 0.2) is 5.58 Å². The first-order chi connectivity index (χ1) is 12.8. The highest BCUT2D eigenvalue weighted by atomic mass is 32.2. The number of amides is 1. The molecule has 1 atom stereocenters. The first-order valence-corrected chi connectivity index (χ1v) is 10.7. The maximum absolute atomic E-state index is 12.6. The Morgan fingerprint density at radius 1 is 1.33 bits per heavy atom. The maximum Gasteiger partial charge on any atom is 0.420 e. The minimum absolute atomic E-state index is 0.00442. The van der Waals surface area contributed by atoms with Gasteiger partial charge in [-0.05, 0) is 38.3 Å². The van der Waals surface area contributed by atoms with Crippen LogP contribution < -0.4 is 15.8 Å². The standard InChI is InChI=1S/C18H25N3O5S/c1-3-12(2)19-17(22)11-21-15-9-8-14(10-16(15)26-18(21)23)27(24,25)20-13-6-4-5-7-13/h8-10,12-13,20H,3-7,11H2,1-2H3,(H,19,22)/t12-/m0/s1. The number of benzene rings is 1. The summed E-state index contributed by atoms with van der Waals surface area (Å²) in [4.78, 5) is 24.2. The molecule has 1 aromatic heterocycles. The summed E-state index contributed by atoms with van der Waals surface area (Å²) in [6.07, 6.45) is 4.48. The van der Waals surface area contributed by atoms with Crippen molar-refractivity contribution < 1.29 is 17.6 Å². The number of carbonyl (C=O) groups is 1. The molecule has 1 heterocycles. The summed E-state index contributed by atoms with van der Waals surface area (Å²) in [5.41, 5.74) is 0.532. The largest absolute Gasteiger partial charge is 0.420 e. The number of rotatable bonds is 7. The Morgan fingerprint density at radius 2 is 2.04 bits per heavy atom. The normalized spacial score (nSPS) is 16.7. The third-order valence-electron chi connectivity index (χ3n) is 4.95. The van der Waals surface area contributed by atoms with E-state index in [-0.39, 0.29) is 35.0 Å². The molecule has 1 fully saturated rings. The first-order valence-electron chi connectivity index (χ1n) is 9.25. The van der Waals surface area contributed by atoms with Crippen LogP contribution in [0.5, 0.6) is 0 Å². The summed E-state index contributed by atoms with van der Waals surface area (Å²) in [7, 11) is -3.68. The van der Waals surface area contributed by atoms with E-state index in [1.807, 2.05) is 13.8 Å². The van der Waals surface area contributed by atoms with Gasteiger partial charge in [0.2, 0.25) is 15.9 Å². The summed E-state index contributed by atoms with van der Waals surface area (Å²) in [5, 5.41) is 2.79. The Morgan fingerprint density at radius 3 is 2.70 bits per heavy atom. The summed E-state index contributed by atoms with van der Waals surface area (Å²) < 4.78 is 34.2. The fraction of sp³-hybridized carbons (Fsp3) is 0.556. The smallest absolute Gasteiger partial charge is 0.408 e. The van der Waals surface area contributed by atoms with E-state index >= 15 is 0 Å². The lowest BCUT2D eigenvalue weighted by Crippen LogP contribution is -2.36. The molecule has 1 aliphatic carbocycles. The second kappa shape index (κ2) is 7.85. The van der Waals surface area contributed by atoms with E-state index in [0.29, 0.717) is 5.52 Å². The van der Waals surface area contributed by atoms with Crippen molar-refractivity contribution in [2.24, 2.45) is 0 Å². The number of sulfonamides is 1. The van der Waals surface area contributed by atoms with Crippen LogP contribution in [0.4, 0.5) is 0 Å². The lowest BCUT2D eigenvalue weighted by molar-refractivity contribution is -0.122. The number of nitrogens with one attached hydrogen (secondary N) is 2. The van der Waals surface area contributed by atoms with Crippen molar-refractivity contribution in [3.8, 4) is 0 Å². The van der Waals surface area contributed by atoms with Gasteiger partial charge in [0.25, 0.3) is 0 Å². The van der Waals surface area contributed by atoms with Gasteiger partial charge in [0, 0.05) is 18.2 Å². The van der Waals surface area contributed by atoms with Gasteiger partial charge >= 0.3 is 5.76 Å². The van der Waals surface area contributed by atoms with Gasteiger partial charge in [-0.3, -0.25) is 9.36 Å². The average molecular weight is 395 g/mol. The Bertz CT molecular complexity index is 986. The molecule has 1 amide bonds. The molecule has 3 rings (SSSR count). The molecule has 8 nitrogen and oxygen atoms in total. The van der Waals surface area contributed by atoms with Crippen molar-refractivity contribution in [1.29, 1.82) is 0 Å². The average Bonchev–Trinajstić information content (AvgIpc) is 3.22. The van der Waals surface area contributed by atoms with E-state index in [0.717, 1.165) is 32.1 Å². The number of nitrogens with zero attached hydrogens (tertiary/aromatic N) is 1. The van der Waals surface area contributed by atoms with Crippen molar-refractivity contribution in [3.63, 3.8) is 0 Å². The van der Waals surface area contributed by atoms with E-state index in [9.17, 15) is 18.0 Å². The number of hydrogen-bond donors (Lipinski definition) is 2. The van der Waals surface area contributed by atoms with Gasteiger partial charge in [-0.1, -0.05) is 19.8 Å². The van der Waals surface area contributed by atoms with E-state index in [1.165, 1.54) is 22.8 Å². The number of oxazole rings is 1. The highest BCUT2D eigenvalue weighted by molar-refractivity contribution is 7.89. The Hall–Kier alpha value is -2.13. The van der Waals surface area contributed by atoms with E-state index < -0.39 is 15.8 Å². The fourth-order valence-corrected chi connectivity index (χ4v) is 4.58. The van der Waals surface area contributed by atoms with Crippen LogP contribution in [0.1, 0.15) is 46.0 Å². The third kappa shape index (κ3) is 4.41. The molecule has 0 spiro atoms. The number of aromatic nitrogens is 1. The molecule has 0 unspecified atom stereocenters. The molecule has 1 saturated carbocycles. The van der Waals surface area contributed by atoms with Crippen LogP contribution >= 0.6 is 0 Å². The van der Waals surface area contributed by atoms with E-state index in [2.05, 4.69) is 10.0 Å². The van der Waals surface area contributed by atoms with Crippen LogP contribution in [-0.2, 0) is 21.4 Å². The van der Waals surface area contributed by atoms with Gasteiger partial charge in [0.1, 0.15) is 6.54 Å². The van der Waals surface area contributed by atoms with Crippen LogP contribution in [0, 0.1) is 0 Å². The number of fused-ring (bicyclic) bond motifs is 1. The van der Waals surface area contributed by atoms with E-state index in [1.54, 1.807) is 0 Å². The second-order valence-electron chi connectivity index (χ2n) is 7.06. The van der Waals surface area contributed by atoms with Crippen LogP contribution in [0.2, 0.25) is 0 Å². The molecule has 1 aliphatic rings. The van der Waals surface area contributed by atoms with Crippen LogP contribution in [0.15, 0.2) is 32.3 Å². The Labute approximate surface area is 158 Å². The monoisotopic (exact) mass is 395 g/mol. The zero-order valence-corrected chi connectivity index (χ0v) is 16.3. The van der Waals surface area contributed by atoms with E-state index in [4.69, 9.17) is 4.42 Å². The molecule has 1 aromatic carbocycles. The minimum atomic E-state index is -3.68. The predicted molar refractivity (Wildman–Crippen MR) is 101 cm³/mol. The van der Waals surface area contributed by atoms with Crippen LogP contribution in [0.25, 0.3) is 11.1 Å². The van der Waals surface area contributed by atoms with Crippen molar-refractivity contribution in [2.45, 2.75) is 69.5 Å². The lowest BCUT2D eigenvalue weighted by atomic mass is 10.2. The zero-order chi connectivity index (χ0) is 19.6. The lowest BCUT2D eigenvalue weighted by Gasteiger charge is -2.12. The SMILES string of the molecule is CC[C@H](C)NC(=O)Cn1c(=O)oc2cc(S(=O)(=O)NC3CCCC3)ccc21. The van der Waals surface area contributed by atoms with Gasteiger partial charge in [-0.15, -0.1) is 0 Å². The molecular weight excluding hydrogens is 370 g/mol. The molecule has 148 valence electrons. The minimum Gasteiger partial charge on any atom is -0.408 e. The molecule has 2 N–H and O–H groups in total. The van der Waals surface area contributed by atoms with Gasteiger partial charge in [-0.25, -0.2) is 17.9 Å². The highest BCUT2D eigenvalue weighted by Gasteiger charge is 2.24. The van der Waals surface area contributed by atoms with Crippen LogP contribution in [-0.4, -0.2) is 31.0 Å². The molecule has 27 heavy (non-hydrogen) atoms. The molecule has 0 radical (unpaired) electrons. The topological polar surface area (TPSA) is 110 Å². The molecule has 9 heteroatoms. The van der Waals surface area contributed by atoms with Crippen molar-refractivity contribution >= 4 is 27.0 Å². The molecule has 0 aliphatic heterocycles. The Kier molecular flexibility index (Phi) is 5.71. The Balaban J connectivity index is 1.84. The predicted octanol–water partition coefficient (Wildman–Crippen LogP) is 1.73. The summed E-state index contributed by atoms with van der Waals surface area (Å²) in [5.74, 6) is -0.989. The fourth-order valence-electron chi connectivity index (χ4n) is 3.26. The molecule has 0 bridgehead atoms. The number of hydrogen-bond acceptors (Lipinski definition) is 5. The number of carbonyl (C=O) groups excluding carboxylic acids is 1. The molecule has 2 aromatic rings. The third-order valence-corrected chi connectivity index (χ3v) is 6.47. The maximum atomic E-state index is 12.6. The van der Waals surface area contributed by atoms with Crippen molar-refractivity contribution in [1.82, 2.24) is 14.6 Å². The van der Waals surface area contributed by atoms with Crippen molar-refractivity contribution in [2.75, 3.05) is 0 Å². The van der Waals surface area contributed by atoms with Gasteiger partial charge in [0.05, 0.1) is 10.4 Å².